The molecule has 21 heavy (non-hydrogen) atoms. The van der Waals surface area contributed by atoms with E-state index in [0.29, 0.717) is 25.5 Å². The fourth-order valence-corrected chi connectivity index (χ4v) is 2.93. The topological polar surface area (TPSA) is 66.6 Å². The van der Waals surface area contributed by atoms with Gasteiger partial charge in [-0.05, 0) is 25.1 Å². The molecule has 6 heteroatoms. The van der Waals surface area contributed by atoms with Crippen LogP contribution in [0.2, 0.25) is 0 Å². The van der Waals surface area contributed by atoms with Crippen LogP contribution in [0.15, 0.2) is 18.2 Å². The Morgan fingerprint density at radius 2 is 2.05 bits per heavy atom. The third kappa shape index (κ3) is 3.53. The van der Waals surface area contributed by atoms with Crippen molar-refractivity contribution in [2.45, 2.75) is 20.1 Å². The molecule has 0 fully saturated rings. The minimum Gasteiger partial charge on any atom is -0.493 e. The van der Waals surface area contributed by atoms with Gasteiger partial charge in [0.15, 0.2) is 11.5 Å². The Kier molecular flexibility index (Phi) is 5.55. The standard InChI is InChI=1S/C15H20N2O3S/c1-4-20-13-7-10(5-6-12(13)19-3)15-17-11(9-18-2)14(8-16)21-15/h5-7H,4,8-9,16H2,1-3H3. The molecule has 0 saturated carbocycles. The number of aromatic nitrogens is 1. The van der Waals surface area contributed by atoms with E-state index in [1.165, 1.54) is 0 Å². The van der Waals surface area contributed by atoms with E-state index < -0.39 is 0 Å². The predicted octanol–water partition coefficient (Wildman–Crippen LogP) is 2.82. The van der Waals surface area contributed by atoms with E-state index in [4.69, 9.17) is 19.9 Å². The van der Waals surface area contributed by atoms with E-state index in [2.05, 4.69) is 4.98 Å². The maximum Gasteiger partial charge on any atom is 0.161 e. The van der Waals surface area contributed by atoms with E-state index in [0.717, 1.165) is 26.9 Å². The van der Waals surface area contributed by atoms with Crippen LogP contribution in [0.5, 0.6) is 11.5 Å². The highest BCUT2D eigenvalue weighted by Gasteiger charge is 2.13. The normalized spacial score (nSPS) is 10.7. The lowest BCUT2D eigenvalue weighted by atomic mass is 10.2. The quantitative estimate of drug-likeness (QED) is 0.852. The van der Waals surface area contributed by atoms with Gasteiger partial charge in [0.1, 0.15) is 5.01 Å². The second-order valence-electron chi connectivity index (χ2n) is 4.32. The Morgan fingerprint density at radius 1 is 1.24 bits per heavy atom. The predicted molar refractivity (Wildman–Crippen MR) is 83.9 cm³/mol. The molecule has 1 aromatic carbocycles. The van der Waals surface area contributed by atoms with Crippen LogP contribution in [0.25, 0.3) is 10.6 Å². The van der Waals surface area contributed by atoms with Crippen LogP contribution >= 0.6 is 11.3 Å². The molecular weight excluding hydrogens is 288 g/mol. The molecule has 0 atom stereocenters. The summed E-state index contributed by atoms with van der Waals surface area (Å²) in [6.07, 6.45) is 0. The molecule has 0 saturated heterocycles. The maximum absolute atomic E-state index is 5.77. The highest BCUT2D eigenvalue weighted by molar-refractivity contribution is 7.15. The number of nitrogens with zero attached hydrogens (tertiary/aromatic N) is 1. The lowest BCUT2D eigenvalue weighted by molar-refractivity contribution is 0.181. The zero-order valence-corrected chi connectivity index (χ0v) is 13.3. The highest BCUT2D eigenvalue weighted by Crippen LogP contribution is 2.35. The van der Waals surface area contributed by atoms with Crippen LogP contribution in [0.3, 0.4) is 0 Å². The Hall–Kier alpha value is -1.63. The lowest BCUT2D eigenvalue weighted by Gasteiger charge is -2.10. The molecule has 0 amide bonds. The molecule has 0 aliphatic heterocycles. The average molecular weight is 308 g/mol. The van der Waals surface area contributed by atoms with Crippen molar-refractivity contribution in [2.75, 3.05) is 20.8 Å². The SMILES string of the molecule is CCOc1cc(-c2nc(COC)c(CN)s2)ccc1OC. The van der Waals surface area contributed by atoms with Gasteiger partial charge in [-0.3, -0.25) is 0 Å². The smallest absolute Gasteiger partial charge is 0.161 e. The fraction of sp³-hybridized carbons (Fsp3) is 0.400. The van der Waals surface area contributed by atoms with Gasteiger partial charge in [0.05, 0.1) is 26.0 Å². The summed E-state index contributed by atoms with van der Waals surface area (Å²) in [7, 11) is 3.28. The number of methoxy groups -OCH3 is 2. The van der Waals surface area contributed by atoms with Gasteiger partial charge in [0, 0.05) is 24.1 Å². The molecule has 2 N–H and O–H groups in total. The number of thiazole rings is 1. The summed E-state index contributed by atoms with van der Waals surface area (Å²) in [5.41, 5.74) is 7.65. The minimum atomic E-state index is 0.463. The molecule has 0 aliphatic carbocycles. The van der Waals surface area contributed by atoms with Crippen molar-refractivity contribution in [1.82, 2.24) is 4.98 Å². The van der Waals surface area contributed by atoms with E-state index in [1.54, 1.807) is 25.6 Å². The monoisotopic (exact) mass is 308 g/mol. The largest absolute Gasteiger partial charge is 0.493 e. The molecule has 5 nitrogen and oxygen atoms in total. The van der Waals surface area contributed by atoms with E-state index in [9.17, 15) is 0 Å². The van der Waals surface area contributed by atoms with Gasteiger partial charge in [-0.15, -0.1) is 11.3 Å². The van der Waals surface area contributed by atoms with Crippen LogP contribution in [0.1, 0.15) is 17.5 Å². The van der Waals surface area contributed by atoms with E-state index in [-0.39, 0.29) is 0 Å². The van der Waals surface area contributed by atoms with Crippen LogP contribution < -0.4 is 15.2 Å². The van der Waals surface area contributed by atoms with Crippen LogP contribution in [0.4, 0.5) is 0 Å². The molecule has 0 radical (unpaired) electrons. The highest BCUT2D eigenvalue weighted by atomic mass is 32.1. The zero-order valence-electron chi connectivity index (χ0n) is 12.5. The summed E-state index contributed by atoms with van der Waals surface area (Å²) >= 11 is 1.58. The summed E-state index contributed by atoms with van der Waals surface area (Å²) in [6.45, 7) is 3.46. The van der Waals surface area contributed by atoms with Crippen molar-refractivity contribution in [2.24, 2.45) is 5.73 Å². The van der Waals surface area contributed by atoms with Crippen molar-refractivity contribution in [1.29, 1.82) is 0 Å². The number of hydrogen-bond donors (Lipinski definition) is 1. The first-order valence-corrected chi connectivity index (χ1v) is 7.53. The molecular formula is C15H20N2O3S. The second kappa shape index (κ2) is 7.40. The summed E-state index contributed by atoms with van der Waals surface area (Å²) in [5.74, 6) is 1.43. The van der Waals surface area contributed by atoms with Crippen molar-refractivity contribution in [3.8, 4) is 22.1 Å². The number of ether oxygens (including phenoxy) is 3. The molecule has 2 rings (SSSR count). The number of nitrogens with two attached hydrogens (primary N) is 1. The van der Waals surface area contributed by atoms with Crippen LogP contribution in [-0.2, 0) is 17.9 Å². The summed E-state index contributed by atoms with van der Waals surface area (Å²) < 4.78 is 16.1. The molecule has 1 aromatic heterocycles. The fourth-order valence-electron chi connectivity index (χ4n) is 1.99. The minimum absolute atomic E-state index is 0.463. The first-order chi connectivity index (χ1) is 10.2. The van der Waals surface area contributed by atoms with Crippen molar-refractivity contribution < 1.29 is 14.2 Å². The molecule has 0 bridgehead atoms. The van der Waals surface area contributed by atoms with Crippen molar-refractivity contribution in [3.63, 3.8) is 0 Å². The van der Waals surface area contributed by atoms with E-state index in [1.807, 2.05) is 25.1 Å². The molecule has 2 aromatic rings. The Bertz CT molecular complexity index is 599. The van der Waals surface area contributed by atoms with Crippen molar-refractivity contribution in [3.05, 3.63) is 28.8 Å². The molecule has 0 aliphatic rings. The second-order valence-corrected chi connectivity index (χ2v) is 5.41. The molecule has 1 heterocycles. The summed E-state index contributed by atoms with van der Waals surface area (Å²) in [4.78, 5) is 5.66. The third-order valence-corrected chi connectivity index (χ3v) is 4.12. The molecule has 0 spiro atoms. The number of rotatable bonds is 7. The van der Waals surface area contributed by atoms with Crippen LogP contribution in [-0.4, -0.2) is 25.8 Å². The summed E-state index contributed by atoms with van der Waals surface area (Å²) in [5, 5.41) is 0.908. The van der Waals surface area contributed by atoms with Crippen molar-refractivity contribution >= 4 is 11.3 Å². The first-order valence-electron chi connectivity index (χ1n) is 6.72. The van der Waals surface area contributed by atoms with Gasteiger partial charge in [-0.2, -0.15) is 0 Å². The summed E-state index contributed by atoms with van der Waals surface area (Å²) in [6, 6.07) is 5.80. The van der Waals surface area contributed by atoms with Gasteiger partial charge in [-0.1, -0.05) is 0 Å². The van der Waals surface area contributed by atoms with Gasteiger partial charge in [0.2, 0.25) is 0 Å². The van der Waals surface area contributed by atoms with Gasteiger partial charge in [-0.25, -0.2) is 4.98 Å². The lowest BCUT2D eigenvalue weighted by Crippen LogP contribution is -1.99. The van der Waals surface area contributed by atoms with Crippen LogP contribution in [0, 0.1) is 0 Å². The molecule has 114 valence electrons. The van der Waals surface area contributed by atoms with Gasteiger partial charge >= 0.3 is 0 Å². The third-order valence-electron chi connectivity index (χ3n) is 2.96. The Morgan fingerprint density at radius 3 is 2.67 bits per heavy atom. The Balaban J connectivity index is 2.39. The number of hydrogen-bond acceptors (Lipinski definition) is 6. The van der Waals surface area contributed by atoms with E-state index >= 15 is 0 Å². The van der Waals surface area contributed by atoms with Gasteiger partial charge < -0.3 is 19.9 Å². The Labute approximate surface area is 128 Å². The number of benzene rings is 1. The average Bonchev–Trinajstić information content (AvgIpc) is 2.91. The maximum atomic E-state index is 5.77. The zero-order chi connectivity index (χ0) is 15.2. The van der Waals surface area contributed by atoms with Gasteiger partial charge in [0.25, 0.3) is 0 Å². The molecule has 0 unspecified atom stereocenters. The first kappa shape index (κ1) is 15.8.